The molecule has 2 heterocycles. The summed E-state index contributed by atoms with van der Waals surface area (Å²) in [5.41, 5.74) is 1.75. The smallest absolute Gasteiger partial charge is 0.413 e. The molecule has 0 atom stereocenters. The molecule has 0 fully saturated rings. The summed E-state index contributed by atoms with van der Waals surface area (Å²) in [6.07, 6.45) is -0.592. The summed E-state index contributed by atoms with van der Waals surface area (Å²) in [4.78, 5) is 27.6. The lowest BCUT2D eigenvalue weighted by Gasteiger charge is -2.20. The number of benzene rings is 1. The van der Waals surface area contributed by atoms with Gasteiger partial charge in [-0.25, -0.2) is 14.6 Å². The number of aromatic nitrogens is 1. The molecule has 0 unspecified atom stereocenters. The first-order chi connectivity index (χ1) is 11.2. The molecule has 7 heteroatoms. The second kappa shape index (κ2) is 5.76. The van der Waals surface area contributed by atoms with Gasteiger partial charge in [-0.05, 0) is 44.5 Å². The van der Waals surface area contributed by atoms with E-state index in [1.54, 1.807) is 32.9 Å². The summed E-state index contributed by atoms with van der Waals surface area (Å²) < 4.78 is 10.7. The highest BCUT2D eigenvalue weighted by Gasteiger charge is 2.24. The Kier molecular flexibility index (Phi) is 3.88. The molecule has 1 aliphatic rings. The minimum absolute atomic E-state index is 0.186. The number of pyridine rings is 1. The van der Waals surface area contributed by atoms with Gasteiger partial charge in [-0.15, -0.1) is 0 Å². The third-order valence-corrected chi connectivity index (χ3v) is 3.56. The maximum atomic E-state index is 12.0. The van der Waals surface area contributed by atoms with E-state index in [2.05, 4.69) is 10.3 Å². The Morgan fingerprint density at radius 2 is 1.96 bits per heavy atom. The number of nitrogens with one attached hydrogen (secondary N) is 1. The molecule has 0 radical (unpaired) electrons. The van der Waals surface area contributed by atoms with E-state index in [0.717, 1.165) is 16.5 Å². The van der Waals surface area contributed by atoms with Crippen molar-refractivity contribution >= 4 is 28.8 Å². The van der Waals surface area contributed by atoms with Crippen LogP contribution < -0.4 is 5.32 Å². The Bertz CT molecular complexity index is 839. The largest absolute Gasteiger partial charge is 0.478 e. The van der Waals surface area contributed by atoms with Gasteiger partial charge in [-0.1, -0.05) is 0 Å². The Labute approximate surface area is 138 Å². The lowest BCUT2D eigenvalue weighted by Crippen LogP contribution is -2.27. The van der Waals surface area contributed by atoms with Crippen LogP contribution in [-0.4, -0.2) is 27.8 Å². The van der Waals surface area contributed by atoms with Crippen LogP contribution in [0.5, 0.6) is 0 Å². The van der Waals surface area contributed by atoms with Crippen molar-refractivity contribution in [1.82, 2.24) is 4.98 Å². The molecule has 0 aliphatic carbocycles. The van der Waals surface area contributed by atoms with Crippen LogP contribution in [0.2, 0.25) is 0 Å². The van der Waals surface area contributed by atoms with E-state index in [0.29, 0.717) is 24.5 Å². The fraction of sp³-hybridized carbons (Fsp3) is 0.353. The van der Waals surface area contributed by atoms with Crippen molar-refractivity contribution in [3.05, 3.63) is 34.9 Å². The van der Waals surface area contributed by atoms with Gasteiger partial charge < -0.3 is 14.6 Å². The van der Waals surface area contributed by atoms with Crippen LogP contribution in [-0.2, 0) is 22.7 Å². The number of amides is 1. The Hall–Kier alpha value is -2.67. The number of rotatable bonds is 2. The summed E-state index contributed by atoms with van der Waals surface area (Å²) in [6.45, 7) is 5.99. The predicted molar refractivity (Wildman–Crippen MR) is 87.1 cm³/mol. The van der Waals surface area contributed by atoms with Crippen molar-refractivity contribution < 1.29 is 24.2 Å². The number of carbonyl (C=O) groups is 2. The Morgan fingerprint density at radius 1 is 1.25 bits per heavy atom. The number of aromatic carboxylic acids is 1. The van der Waals surface area contributed by atoms with E-state index in [-0.39, 0.29) is 5.56 Å². The van der Waals surface area contributed by atoms with Crippen LogP contribution in [0.3, 0.4) is 0 Å². The number of fused-ring (bicyclic) bond motifs is 3. The first-order valence-electron chi connectivity index (χ1n) is 7.51. The summed E-state index contributed by atoms with van der Waals surface area (Å²) in [6, 6.07) is 4.68. The zero-order valence-corrected chi connectivity index (χ0v) is 13.7. The van der Waals surface area contributed by atoms with Gasteiger partial charge in [-0.2, -0.15) is 0 Å². The van der Waals surface area contributed by atoms with Crippen LogP contribution in [0.15, 0.2) is 18.2 Å². The Balaban J connectivity index is 2.03. The minimum atomic E-state index is -1.000. The average Bonchev–Trinajstić information content (AvgIpc) is 2.94. The summed E-state index contributed by atoms with van der Waals surface area (Å²) in [5, 5.41) is 12.5. The number of hydrogen-bond donors (Lipinski definition) is 2. The molecule has 0 saturated carbocycles. The van der Waals surface area contributed by atoms with Gasteiger partial charge >= 0.3 is 12.1 Å². The quantitative estimate of drug-likeness (QED) is 0.876. The fourth-order valence-corrected chi connectivity index (χ4v) is 2.58. The van der Waals surface area contributed by atoms with Crippen LogP contribution in [0.25, 0.3) is 10.9 Å². The van der Waals surface area contributed by atoms with E-state index in [4.69, 9.17) is 14.6 Å². The number of carboxylic acids is 1. The zero-order chi connectivity index (χ0) is 17.5. The van der Waals surface area contributed by atoms with E-state index in [1.807, 2.05) is 0 Å². The third kappa shape index (κ3) is 3.16. The van der Waals surface area contributed by atoms with Crippen molar-refractivity contribution in [2.24, 2.45) is 0 Å². The molecule has 0 bridgehead atoms. The topological polar surface area (TPSA) is 97.8 Å². The lowest BCUT2D eigenvalue weighted by molar-refractivity contribution is 0.0633. The van der Waals surface area contributed by atoms with E-state index in [9.17, 15) is 9.59 Å². The van der Waals surface area contributed by atoms with Crippen LogP contribution >= 0.6 is 0 Å². The van der Waals surface area contributed by atoms with Crippen molar-refractivity contribution in [3.63, 3.8) is 0 Å². The van der Waals surface area contributed by atoms with Gasteiger partial charge in [0.1, 0.15) is 11.4 Å². The maximum Gasteiger partial charge on any atom is 0.413 e. The number of carboxylic acid groups (broad SMARTS) is 1. The molecule has 3 rings (SSSR count). The maximum absolute atomic E-state index is 12.0. The summed E-state index contributed by atoms with van der Waals surface area (Å²) >= 11 is 0. The SMILES string of the molecule is CC(C)(C)OC(=O)Nc1nc2ccc(C(=O)O)cc2c2c1COC2. The summed E-state index contributed by atoms with van der Waals surface area (Å²) in [7, 11) is 0. The molecule has 2 N–H and O–H groups in total. The number of nitrogens with zero attached hydrogens (tertiary/aromatic N) is 1. The van der Waals surface area contributed by atoms with E-state index >= 15 is 0 Å². The standard InChI is InChI=1S/C17H18N2O5/c1-17(2,3)24-16(22)19-14-12-8-23-7-11(12)10-6-9(15(20)21)4-5-13(10)18-14/h4-6H,7-8H2,1-3H3,(H,20,21)(H,18,19,22). The number of hydrogen-bond acceptors (Lipinski definition) is 5. The second-order valence-corrected chi connectivity index (χ2v) is 6.57. The molecule has 1 aromatic carbocycles. The van der Waals surface area contributed by atoms with E-state index < -0.39 is 17.7 Å². The highest BCUT2D eigenvalue weighted by atomic mass is 16.6. The van der Waals surface area contributed by atoms with Crippen LogP contribution in [0, 0.1) is 0 Å². The van der Waals surface area contributed by atoms with Gasteiger partial charge in [0.2, 0.25) is 0 Å². The molecular weight excluding hydrogens is 312 g/mol. The van der Waals surface area contributed by atoms with Crippen LogP contribution in [0.4, 0.5) is 10.6 Å². The van der Waals surface area contributed by atoms with Crippen molar-refractivity contribution in [2.45, 2.75) is 39.6 Å². The summed E-state index contributed by atoms with van der Waals surface area (Å²) in [5.74, 6) is -0.618. The minimum Gasteiger partial charge on any atom is -0.478 e. The fourth-order valence-electron chi connectivity index (χ4n) is 2.58. The van der Waals surface area contributed by atoms with Gasteiger partial charge in [-0.3, -0.25) is 5.32 Å². The van der Waals surface area contributed by atoms with Gasteiger partial charge in [0.05, 0.1) is 24.3 Å². The molecule has 2 aromatic rings. The van der Waals surface area contributed by atoms with Gasteiger partial charge in [0.25, 0.3) is 0 Å². The van der Waals surface area contributed by atoms with Crippen molar-refractivity contribution in [2.75, 3.05) is 5.32 Å². The van der Waals surface area contributed by atoms with Gasteiger partial charge in [0.15, 0.2) is 0 Å². The molecule has 126 valence electrons. The average molecular weight is 330 g/mol. The molecule has 1 aromatic heterocycles. The molecular formula is C17H18N2O5. The molecule has 0 saturated heterocycles. The first kappa shape index (κ1) is 16.2. The molecule has 0 spiro atoms. The third-order valence-electron chi connectivity index (χ3n) is 3.56. The predicted octanol–water partition coefficient (Wildman–Crippen LogP) is 3.31. The zero-order valence-electron chi connectivity index (χ0n) is 13.7. The van der Waals surface area contributed by atoms with Gasteiger partial charge in [0, 0.05) is 10.9 Å². The number of anilines is 1. The molecule has 7 nitrogen and oxygen atoms in total. The molecule has 24 heavy (non-hydrogen) atoms. The highest BCUT2D eigenvalue weighted by Crippen LogP contribution is 2.33. The first-order valence-corrected chi connectivity index (χ1v) is 7.51. The normalized spacial score (nSPS) is 13.6. The van der Waals surface area contributed by atoms with E-state index in [1.165, 1.54) is 6.07 Å². The number of carbonyl (C=O) groups excluding carboxylic acids is 1. The monoisotopic (exact) mass is 330 g/mol. The molecule has 1 amide bonds. The Morgan fingerprint density at radius 3 is 2.62 bits per heavy atom. The lowest BCUT2D eigenvalue weighted by atomic mass is 10.0. The van der Waals surface area contributed by atoms with Crippen LogP contribution in [0.1, 0.15) is 42.3 Å². The highest BCUT2D eigenvalue weighted by molar-refractivity contribution is 5.96. The van der Waals surface area contributed by atoms with Crippen molar-refractivity contribution in [1.29, 1.82) is 0 Å². The molecule has 1 aliphatic heterocycles. The number of ether oxygens (including phenoxy) is 2. The van der Waals surface area contributed by atoms with Crippen molar-refractivity contribution in [3.8, 4) is 0 Å². The second-order valence-electron chi connectivity index (χ2n) is 6.57.